The minimum absolute atomic E-state index is 0.100. The van der Waals surface area contributed by atoms with Gasteiger partial charge < -0.3 is 15.4 Å². The molecule has 0 aliphatic heterocycles. The van der Waals surface area contributed by atoms with Gasteiger partial charge >= 0.3 is 6.61 Å². The van der Waals surface area contributed by atoms with Gasteiger partial charge in [0.1, 0.15) is 5.75 Å². The number of hydrogen-bond acceptors (Lipinski definition) is 3. The van der Waals surface area contributed by atoms with Gasteiger partial charge in [0.2, 0.25) is 5.91 Å². The lowest BCUT2D eigenvalue weighted by molar-refractivity contribution is -0.126. The molecule has 0 heterocycles. The maximum absolute atomic E-state index is 12.0. The van der Waals surface area contributed by atoms with Crippen LogP contribution in [-0.2, 0) is 11.3 Å². The molecule has 1 rings (SSSR count). The summed E-state index contributed by atoms with van der Waals surface area (Å²) in [6, 6.07) is 6.17. The number of carbonyl (C=O) groups is 1. The van der Waals surface area contributed by atoms with Gasteiger partial charge in [-0.1, -0.05) is 19.1 Å². The number of nitrogens with one attached hydrogen (secondary N) is 2. The van der Waals surface area contributed by atoms with Crippen LogP contribution in [0.4, 0.5) is 8.78 Å². The molecule has 0 unspecified atom stereocenters. The Morgan fingerprint density at radius 3 is 2.40 bits per heavy atom. The van der Waals surface area contributed by atoms with Crippen molar-refractivity contribution in [3.05, 3.63) is 29.8 Å². The normalized spacial score (nSPS) is 11.5. The monoisotopic (exact) mass is 286 g/mol. The van der Waals surface area contributed by atoms with E-state index in [-0.39, 0.29) is 11.7 Å². The first-order chi connectivity index (χ1) is 9.35. The number of benzene rings is 1. The molecule has 6 heteroatoms. The number of halogens is 2. The Labute approximate surface area is 117 Å². The Bertz CT molecular complexity index is 433. The molecule has 0 aromatic heterocycles. The van der Waals surface area contributed by atoms with Gasteiger partial charge in [-0.15, -0.1) is 0 Å². The molecule has 0 fully saturated rings. The molecule has 0 saturated heterocycles. The van der Waals surface area contributed by atoms with E-state index in [2.05, 4.69) is 15.4 Å². The van der Waals surface area contributed by atoms with Crippen molar-refractivity contribution in [1.82, 2.24) is 10.6 Å². The molecule has 0 spiro atoms. The van der Waals surface area contributed by atoms with Crippen LogP contribution in [0, 0.1) is 0 Å². The molecular formula is C14H20F2N2O2. The molecule has 1 aromatic rings. The second-order valence-corrected chi connectivity index (χ2v) is 4.86. The lowest BCUT2D eigenvalue weighted by Crippen LogP contribution is -2.52. The van der Waals surface area contributed by atoms with Gasteiger partial charge in [0.15, 0.2) is 0 Å². The lowest BCUT2D eigenvalue weighted by atomic mass is 10.0. The highest BCUT2D eigenvalue weighted by molar-refractivity contribution is 5.85. The summed E-state index contributed by atoms with van der Waals surface area (Å²) in [7, 11) is 0. The van der Waals surface area contributed by atoms with Gasteiger partial charge in [-0.3, -0.25) is 4.79 Å². The molecule has 0 atom stereocenters. The largest absolute Gasteiger partial charge is 0.435 e. The molecule has 1 amide bonds. The Morgan fingerprint density at radius 2 is 1.90 bits per heavy atom. The molecule has 0 bridgehead atoms. The predicted molar refractivity (Wildman–Crippen MR) is 72.7 cm³/mol. The van der Waals surface area contributed by atoms with Crippen molar-refractivity contribution in [2.75, 3.05) is 6.54 Å². The number of alkyl halides is 2. The van der Waals surface area contributed by atoms with Crippen molar-refractivity contribution < 1.29 is 18.3 Å². The van der Waals surface area contributed by atoms with Crippen LogP contribution < -0.4 is 15.4 Å². The van der Waals surface area contributed by atoms with Crippen molar-refractivity contribution in [2.45, 2.75) is 39.5 Å². The molecule has 0 aliphatic carbocycles. The van der Waals surface area contributed by atoms with Gasteiger partial charge in [-0.2, -0.15) is 8.78 Å². The molecule has 0 saturated carbocycles. The highest BCUT2D eigenvalue weighted by atomic mass is 19.3. The van der Waals surface area contributed by atoms with Crippen LogP contribution in [0.1, 0.15) is 26.3 Å². The van der Waals surface area contributed by atoms with E-state index in [1.54, 1.807) is 26.0 Å². The van der Waals surface area contributed by atoms with Gasteiger partial charge in [-0.25, -0.2) is 0 Å². The maximum atomic E-state index is 12.0. The highest BCUT2D eigenvalue weighted by Crippen LogP contribution is 2.15. The van der Waals surface area contributed by atoms with Crippen molar-refractivity contribution in [1.29, 1.82) is 0 Å². The van der Waals surface area contributed by atoms with Gasteiger partial charge in [0.05, 0.1) is 5.54 Å². The number of carbonyl (C=O) groups excluding carboxylic acids is 1. The number of likely N-dealkylation sites (N-methyl/N-ethyl adjacent to an activating group) is 1. The van der Waals surface area contributed by atoms with E-state index in [4.69, 9.17) is 0 Å². The molecule has 0 aliphatic rings. The summed E-state index contributed by atoms with van der Waals surface area (Å²) in [5, 5.41) is 5.87. The number of rotatable bonds is 7. The van der Waals surface area contributed by atoms with Gasteiger partial charge in [-0.05, 0) is 38.1 Å². The van der Waals surface area contributed by atoms with E-state index in [0.29, 0.717) is 13.1 Å². The van der Waals surface area contributed by atoms with Crippen LogP contribution in [0.25, 0.3) is 0 Å². The Hall–Kier alpha value is -1.69. The minimum Gasteiger partial charge on any atom is -0.435 e. The SMILES string of the molecule is CCNC(C)(C)C(=O)NCc1ccc(OC(F)F)cc1. The summed E-state index contributed by atoms with van der Waals surface area (Å²) in [6.07, 6.45) is 0. The van der Waals surface area contributed by atoms with Crippen LogP contribution in [0.5, 0.6) is 5.75 Å². The molecular weight excluding hydrogens is 266 g/mol. The second kappa shape index (κ2) is 7.19. The van der Waals surface area contributed by atoms with Crippen LogP contribution >= 0.6 is 0 Å². The Kier molecular flexibility index (Phi) is 5.88. The van der Waals surface area contributed by atoms with Crippen LogP contribution in [-0.4, -0.2) is 24.6 Å². The minimum atomic E-state index is -2.83. The zero-order valence-corrected chi connectivity index (χ0v) is 11.9. The summed E-state index contributed by atoms with van der Waals surface area (Å²) >= 11 is 0. The average molecular weight is 286 g/mol. The fourth-order valence-corrected chi connectivity index (χ4v) is 1.71. The standard InChI is InChI=1S/C14H20F2N2O2/c1-4-18-14(2,3)12(19)17-9-10-5-7-11(8-6-10)20-13(15)16/h5-8,13,18H,4,9H2,1-3H3,(H,17,19). The highest BCUT2D eigenvalue weighted by Gasteiger charge is 2.25. The summed E-state index contributed by atoms with van der Waals surface area (Å²) in [5.74, 6) is -0.0182. The summed E-state index contributed by atoms with van der Waals surface area (Å²) in [5.41, 5.74) is 0.167. The first kappa shape index (κ1) is 16.4. The van der Waals surface area contributed by atoms with Crippen molar-refractivity contribution >= 4 is 5.91 Å². The van der Waals surface area contributed by atoms with Crippen LogP contribution in [0.3, 0.4) is 0 Å². The Morgan fingerprint density at radius 1 is 1.30 bits per heavy atom. The molecule has 2 N–H and O–H groups in total. The molecule has 0 radical (unpaired) electrons. The molecule has 1 aromatic carbocycles. The second-order valence-electron chi connectivity index (χ2n) is 4.86. The van der Waals surface area contributed by atoms with E-state index in [1.165, 1.54) is 12.1 Å². The van der Waals surface area contributed by atoms with E-state index in [1.807, 2.05) is 6.92 Å². The van der Waals surface area contributed by atoms with E-state index >= 15 is 0 Å². The summed E-state index contributed by atoms with van der Waals surface area (Å²) in [6.45, 7) is 3.72. The van der Waals surface area contributed by atoms with E-state index < -0.39 is 12.2 Å². The quantitative estimate of drug-likeness (QED) is 0.808. The van der Waals surface area contributed by atoms with E-state index in [9.17, 15) is 13.6 Å². The third kappa shape index (κ3) is 5.13. The van der Waals surface area contributed by atoms with Crippen molar-refractivity contribution in [3.63, 3.8) is 0 Å². The Balaban J connectivity index is 2.51. The number of ether oxygens (including phenoxy) is 1. The molecule has 4 nitrogen and oxygen atoms in total. The molecule has 112 valence electrons. The zero-order chi connectivity index (χ0) is 15.2. The van der Waals surface area contributed by atoms with Gasteiger partial charge in [0.25, 0.3) is 0 Å². The van der Waals surface area contributed by atoms with Crippen molar-refractivity contribution in [2.24, 2.45) is 0 Å². The summed E-state index contributed by atoms with van der Waals surface area (Å²) in [4.78, 5) is 11.9. The summed E-state index contributed by atoms with van der Waals surface area (Å²) < 4.78 is 28.2. The molecule has 20 heavy (non-hydrogen) atoms. The fraction of sp³-hybridized carbons (Fsp3) is 0.500. The first-order valence-corrected chi connectivity index (χ1v) is 6.42. The number of amides is 1. The number of hydrogen-bond donors (Lipinski definition) is 2. The average Bonchev–Trinajstić information content (AvgIpc) is 2.36. The third-order valence-corrected chi connectivity index (χ3v) is 2.79. The maximum Gasteiger partial charge on any atom is 0.387 e. The van der Waals surface area contributed by atoms with Gasteiger partial charge in [0, 0.05) is 6.54 Å². The zero-order valence-electron chi connectivity index (χ0n) is 11.9. The van der Waals surface area contributed by atoms with Crippen LogP contribution in [0.15, 0.2) is 24.3 Å². The topological polar surface area (TPSA) is 50.4 Å². The fourth-order valence-electron chi connectivity index (χ4n) is 1.71. The first-order valence-electron chi connectivity index (χ1n) is 6.42. The lowest BCUT2D eigenvalue weighted by Gasteiger charge is -2.24. The smallest absolute Gasteiger partial charge is 0.387 e. The third-order valence-electron chi connectivity index (χ3n) is 2.79. The van der Waals surface area contributed by atoms with Crippen LogP contribution in [0.2, 0.25) is 0 Å². The van der Waals surface area contributed by atoms with Crippen molar-refractivity contribution in [3.8, 4) is 5.75 Å². The van der Waals surface area contributed by atoms with E-state index in [0.717, 1.165) is 5.56 Å². The predicted octanol–water partition coefficient (Wildman–Crippen LogP) is 2.29.